The van der Waals surface area contributed by atoms with Crippen LogP contribution in [-0.4, -0.2) is 19.4 Å². The monoisotopic (exact) mass is 305 g/mol. The number of nitrogens with zero attached hydrogens (tertiary/aromatic N) is 1. The minimum atomic E-state index is 0.808. The standard InChI is InChI=1S/C21H23NO/c1-17-16-18(6-5-15-23)7-12-21(17)19-8-10-20(11-9-19)22-13-3-2-4-14-22/h5-12,15-16H,2-4,13-14H2,1H3/b6-5+. The molecule has 2 heteroatoms. The Hall–Kier alpha value is -2.35. The van der Waals surface area contributed by atoms with Gasteiger partial charge in [-0.15, -0.1) is 0 Å². The van der Waals surface area contributed by atoms with E-state index >= 15 is 0 Å². The van der Waals surface area contributed by atoms with E-state index in [9.17, 15) is 4.79 Å². The first-order valence-corrected chi connectivity index (χ1v) is 8.36. The van der Waals surface area contributed by atoms with Gasteiger partial charge in [-0.2, -0.15) is 0 Å². The van der Waals surface area contributed by atoms with Gasteiger partial charge in [-0.3, -0.25) is 4.79 Å². The maximum Gasteiger partial charge on any atom is 0.142 e. The first-order valence-electron chi connectivity index (χ1n) is 8.36. The molecule has 0 unspecified atom stereocenters. The fourth-order valence-electron chi connectivity index (χ4n) is 3.27. The van der Waals surface area contributed by atoms with Crippen molar-refractivity contribution in [3.63, 3.8) is 0 Å². The Morgan fingerprint density at radius 1 is 0.957 bits per heavy atom. The van der Waals surface area contributed by atoms with Crippen LogP contribution < -0.4 is 4.90 Å². The predicted molar refractivity (Wildman–Crippen MR) is 97.8 cm³/mol. The molecule has 2 nitrogen and oxygen atoms in total. The Morgan fingerprint density at radius 2 is 1.70 bits per heavy atom. The number of benzene rings is 2. The quantitative estimate of drug-likeness (QED) is 0.593. The summed E-state index contributed by atoms with van der Waals surface area (Å²) in [5.74, 6) is 0. The van der Waals surface area contributed by atoms with Crippen molar-refractivity contribution >= 4 is 18.0 Å². The highest BCUT2D eigenvalue weighted by molar-refractivity contribution is 5.76. The van der Waals surface area contributed by atoms with Crippen molar-refractivity contribution in [2.45, 2.75) is 26.2 Å². The molecule has 1 fully saturated rings. The Morgan fingerprint density at radius 3 is 2.35 bits per heavy atom. The molecule has 0 atom stereocenters. The number of piperidine rings is 1. The van der Waals surface area contributed by atoms with Gasteiger partial charge in [0.2, 0.25) is 0 Å². The molecule has 118 valence electrons. The van der Waals surface area contributed by atoms with Crippen LogP contribution in [0.2, 0.25) is 0 Å². The molecular weight excluding hydrogens is 282 g/mol. The summed E-state index contributed by atoms with van der Waals surface area (Å²) in [4.78, 5) is 12.9. The van der Waals surface area contributed by atoms with Gasteiger partial charge in [-0.05, 0) is 66.6 Å². The number of aldehydes is 1. The molecule has 3 rings (SSSR count). The van der Waals surface area contributed by atoms with Gasteiger partial charge in [0.25, 0.3) is 0 Å². The molecule has 23 heavy (non-hydrogen) atoms. The lowest BCUT2D eigenvalue weighted by atomic mass is 9.98. The lowest BCUT2D eigenvalue weighted by Crippen LogP contribution is -2.29. The molecule has 0 amide bonds. The normalized spacial score (nSPS) is 15.1. The van der Waals surface area contributed by atoms with E-state index < -0.39 is 0 Å². The average Bonchev–Trinajstić information content (AvgIpc) is 2.61. The van der Waals surface area contributed by atoms with Crippen molar-refractivity contribution in [2.24, 2.45) is 0 Å². The van der Waals surface area contributed by atoms with Gasteiger partial charge in [-0.1, -0.05) is 36.4 Å². The smallest absolute Gasteiger partial charge is 0.142 e. The third-order valence-electron chi connectivity index (χ3n) is 4.52. The SMILES string of the molecule is Cc1cc(/C=C/C=O)ccc1-c1ccc(N2CCCCC2)cc1. The fourth-order valence-corrected chi connectivity index (χ4v) is 3.27. The van der Waals surface area contributed by atoms with Gasteiger partial charge in [0.05, 0.1) is 0 Å². The van der Waals surface area contributed by atoms with Crippen LogP contribution in [0.15, 0.2) is 48.5 Å². The highest BCUT2D eigenvalue weighted by Crippen LogP contribution is 2.28. The van der Waals surface area contributed by atoms with Crippen LogP contribution >= 0.6 is 0 Å². The number of anilines is 1. The number of allylic oxidation sites excluding steroid dienone is 1. The first-order chi connectivity index (χ1) is 11.3. The lowest BCUT2D eigenvalue weighted by molar-refractivity contribution is -0.104. The van der Waals surface area contributed by atoms with Crippen molar-refractivity contribution in [3.05, 3.63) is 59.7 Å². The second-order valence-electron chi connectivity index (χ2n) is 6.16. The number of rotatable bonds is 4. The fraction of sp³-hybridized carbons (Fsp3) is 0.286. The molecular formula is C21H23NO. The number of carbonyl (C=O) groups is 1. The van der Waals surface area contributed by atoms with Crippen LogP contribution in [0.4, 0.5) is 5.69 Å². The summed E-state index contributed by atoms with van der Waals surface area (Å²) in [6.45, 7) is 4.47. The summed E-state index contributed by atoms with van der Waals surface area (Å²) >= 11 is 0. The second kappa shape index (κ2) is 7.28. The maximum atomic E-state index is 10.4. The zero-order chi connectivity index (χ0) is 16.1. The van der Waals surface area contributed by atoms with E-state index in [0.717, 1.165) is 11.8 Å². The van der Waals surface area contributed by atoms with Crippen LogP contribution in [0.1, 0.15) is 30.4 Å². The van der Waals surface area contributed by atoms with E-state index in [4.69, 9.17) is 0 Å². The van der Waals surface area contributed by atoms with Gasteiger partial charge in [-0.25, -0.2) is 0 Å². The van der Waals surface area contributed by atoms with E-state index in [1.165, 1.54) is 60.8 Å². The third-order valence-corrected chi connectivity index (χ3v) is 4.52. The Kier molecular flexibility index (Phi) is 4.92. The minimum absolute atomic E-state index is 0.808. The number of carbonyl (C=O) groups excluding carboxylic acids is 1. The van der Waals surface area contributed by atoms with Crippen molar-refractivity contribution < 1.29 is 4.79 Å². The van der Waals surface area contributed by atoms with Crippen LogP contribution in [0.25, 0.3) is 17.2 Å². The highest BCUT2D eigenvalue weighted by atomic mass is 16.1. The molecule has 0 aromatic heterocycles. The largest absolute Gasteiger partial charge is 0.372 e. The molecule has 1 saturated heterocycles. The van der Waals surface area contributed by atoms with Crippen molar-refractivity contribution in [3.8, 4) is 11.1 Å². The summed E-state index contributed by atoms with van der Waals surface area (Å²) < 4.78 is 0. The molecule has 0 saturated carbocycles. The van der Waals surface area contributed by atoms with E-state index in [2.05, 4.69) is 54.3 Å². The van der Waals surface area contributed by atoms with Gasteiger partial charge in [0.1, 0.15) is 6.29 Å². The van der Waals surface area contributed by atoms with E-state index in [1.807, 2.05) is 6.08 Å². The van der Waals surface area contributed by atoms with E-state index in [-0.39, 0.29) is 0 Å². The molecule has 2 aromatic carbocycles. The van der Waals surface area contributed by atoms with Crippen molar-refractivity contribution in [1.82, 2.24) is 0 Å². The molecule has 1 heterocycles. The Labute approximate surface area is 138 Å². The summed E-state index contributed by atoms with van der Waals surface area (Å²) in [5.41, 5.74) is 6.11. The third kappa shape index (κ3) is 3.70. The predicted octanol–water partition coefficient (Wildman–Crippen LogP) is 4.86. The summed E-state index contributed by atoms with van der Waals surface area (Å²) in [7, 11) is 0. The summed E-state index contributed by atoms with van der Waals surface area (Å²) in [6, 6.07) is 15.2. The van der Waals surface area contributed by atoms with Crippen LogP contribution in [0.5, 0.6) is 0 Å². The average molecular weight is 305 g/mol. The van der Waals surface area contributed by atoms with Gasteiger partial charge >= 0.3 is 0 Å². The molecule has 0 N–H and O–H groups in total. The zero-order valence-electron chi connectivity index (χ0n) is 13.7. The van der Waals surface area contributed by atoms with E-state index in [0.29, 0.717) is 0 Å². The van der Waals surface area contributed by atoms with Crippen LogP contribution in [-0.2, 0) is 4.79 Å². The second-order valence-corrected chi connectivity index (χ2v) is 6.16. The highest BCUT2D eigenvalue weighted by Gasteiger charge is 2.11. The molecule has 0 bridgehead atoms. The van der Waals surface area contributed by atoms with Crippen LogP contribution in [0, 0.1) is 6.92 Å². The van der Waals surface area contributed by atoms with Gasteiger partial charge < -0.3 is 4.90 Å². The Bertz CT molecular complexity index is 694. The summed E-state index contributed by atoms with van der Waals surface area (Å²) in [6.07, 6.45) is 8.14. The molecule has 1 aliphatic rings. The molecule has 1 aliphatic heterocycles. The van der Waals surface area contributed by atoms with Crippen molar-refractivity contribution in [1.29, 1.82) is 0 Å². The number of hydrogen-bond acceptors (Lipinski definition) is 2. The minimum Gasteiger partial charge on any atom is -0.372 e. The topological polar surface area (TPSA) is 20.3 Å². The maximum absolute atomic E-state index is 10.4. The Balaban J connectivity index is 1.81. The zero-order valence-corrected chi connectivity index (χ0v) is 13.7. The molecule has 0 spiro atoms. The van der Waals surface area contributed by atoms with E-state index in [1.54, 1.807) is 0 Å². The lowest BCUT2D eigenvalue weighted by Gasteiger charge is -2.29. The van der Waals surface area contributed by atoms with Crippen molar-refractivity contribution in [2.75, 3.05) is 18.0 Å². The molecule has 0 aliphatic carbocycles. The first kappa shape index (κ1) is 15.5. The van der Waals surface area contributed by atoms with Gasteiger partial charge in [0, 0.05) is 18.8 Å². The number of aryl methyl sites for hydroxylation is 1. The summed E-state index contributed by atoms with van der Waals surface area (Å²) in [5, 5.41) is 0. The van der Waals surface area contributed by atoms with Gasteiger partial charge in [0.15, 0.2) is 0 Å². The molecule has 0 radical (unpaired) electrons. The van der Waals surface area contributed by atoms with Crippen LogP contribution in [0.3, 0.4) is 0 Å². The molecule has 2 aromatic rings. The number of hydrogen-bond donors (Lipinski definition) is 0.